The average Bonchev–Trinajstić information content (AvgIpc) is 3.07. The highest BCUT2D eigenvalue weighted by molar-refractivity contribution is 7.98. The Kier molecular flexibility index (Phi) is 6.99. The van der Waals surface area contributed by atoms with Gasteiger partial charge in [-0.2, -0.15) is 0 Å². The van der Waals surface area contributed by atoms with E-state index in [-0.39, 0.29) is 5.04 Å². The van der Waals surface area contributed by atoms with Crippen molar-refractivity contribution in [1.82, 2.24) is 9.97 Å². The van der Waals surface area contributed by atoms with E-state index in [1.54, 1.807) is 11.8 Å². The van der Waals surface area contributed by atoms with Gasteiger partial charge in [0.15, 0.2) is 13.5 Å². The summed E-state index contributed by atoms with van der Waals surface area (Å²) in [4.78, 5) is 7.94. The van der Waals surface area contributed by atoms with Crippen molar-refractivity contribution in [3.63, 3.8) is 0 Å². The molecule has 156 valence electrons. The molecule has 0 spiro atoms. The van der Waals surface area contributed by atoms with E-state index in [0.29, 0.717) is 24.0 Å². The molecule has 0 saturated carbocycles. The zero-order valence-corrected chi connectivity index (χ0v) is 20.3. The minimum Gasteiger partial charge on any atom is -0.490 e. The number of hydrogen-bond donors (Lipinski definition) is 1. The number of imidazole rings is 1. The molecule has 0 bridgehead atoms. The zero-order valence-electron chi connectivity index (χ0n) is 17.7. The van der Waals surface area contributed by atoms with Gasteiger partial charge in [0.05, 0.1) is 22.7 Å². The molecule has 0 radical (unpaired) electrons. The van der Waals surface area contributed by atoms with Gasteiger partial charge in [0, 0.05) is 5.75 Å². The number of benzene rings is 2. The third kappa shape index (κ3) is 5.57. The zero-order chi connectivity index (χ0) is 21.1. The van der Waals surface area contributed by atoms with Gasteiger partial charge < -0.3 is 14.1 Å². The number of rotatable bonds is 8. The molecule has 0 aliphatic carbocycles. The molecule has 0 aliphatic heterocycles. The monoisotopic (exact) mass is 448 g/mol. The smallest absolute Gasteiger partial charge is 0.192 e. The molecule has 4 nitrogen and oxygen atoms in total. The number of aromatic amines is 1. The fourth-order valence-electron chi connectivity index (χ4n) is 2.59. The first kappa shape index (κ1) is 22.2. The number of H-pyrrole nitrogens is 1. The number of nitrogens with zero attached hydrogens (tertiary/aromatic N) is 1. The van der Waals surface area contributed by atoms with Crippen LogP contribution in [0, 0.1) is 0 Å². The van der Waals surface area contributed by atoms with Crippen LogP contribution >= 0.6 is 23.4 Å². The predicted molar refractivity (Wildman–Crippen MR) is 126 cm³/mol. The highest BCUT2D eigenvalue weighted by atomic mass is 35.5. The quantitative estimate of drug-likeness (QED) is 0.231. The Morgan fingerprint density at radius 2 is 1.83 bits per heavy atom. The Bertz CT molecular complexity index is 936. The van der Waals surface area contributed by atoms with Gasteiger partial charge in [-0.1, -0.05) is 68.4 Å². The maximum absolute atomic E-state index is 6.59. The Morgan fingerprint density at radius 3 is 2.55 bits per heavy atom. The first-order chi connectivity index (χ1) is 13.7. The molecule has 0 atom stereocenters. The third-order valence-corrected chi connectivity index (χ3v) is 11.3. The van der Waals surface area contributed by atoms with Crippen LogP contribution in [0.4, 0.5) is 0 Å². The summed E-state index contributed by atoms with van der Waals surface area (Å²) >= 11 is 8.22. The molecule has 1 N–H and O–H groups in total. The van der Waals surface area contributed by atoms with Gasteiger partial charge in [0.2, 0.25) is 0 Å². The van der Waals surface area contributed by atoms with Gasteiger partial charge in [0.25, 0.3) is 0 Å². The molecular formula is C22H29ClN2O2SSi. The van der Waals surface area contributed by atoms with E-state index in [1.165, 1.54) is 0 Å². The first-order valence-electron chi connectivity index (χ1n) is 9.79. The van der Waals surface area contributed by atoms with Crippen molar-refractivity contribution in [3.8, 4) is 5.75 Å². The number of nitrogens with one attached hydrogen (secondary N) is 1. The summed E-state index contributed by atoms with van der Waals surface area (Å²) in [6.07, 6.45) is 0. The molecule has 1 heterocycles. The molecule has 7 heteroatoms. The van der Waals surface area contributed by atoms with E-state index in [1.807, 2.05) is 42.5 Å². The third-order valence-electron chi connectivity index (χ3n) is 5.39. The molecule has 0 amide bonds. The normalized spacial score (nSPS) is 12.5. The van der Waals surface area contributed by atoms with E-state index in [0.717, 1.165) is 27.5 Å². The molecule has 3 rings (SSSR count). The number of halogens is 1. The summed E-state index contributed by atoms with van der Waals surface area (Å²) < 4.78 is 12.1. The molecular weight excluding hydrogens is 420 g/mol. The Hall–Kier alpha value is -1.47. The van der Waals surface area contributed by atoms with Crippen molar-refractivity contribution < 1.29 is 9.16 Å². The fourth-order valence-corrected chi connectivity index (χ4v) is 4.82. The molecule has 0 fully saturated rings. The van der Waals surface area contributed by atoms with Gasteiger partial charge in [0.1, 0.15) is 12.4 Å². The van der Waals surface area contributed by atoms with Gasteiger partial charge in [-0.25, -0.2) is 4.98 Å². The van der Waals surface area contributed by atoms with Crippen LogP contribution in [0.25, 0.3) is 11.0 Å². The van der Waals surface area contributed by atoms with Crippen LogP contribution < -0.4 is 4.74 Å². The van der Waals surface area contributed by atoms with Gasteiger partial charge in [-0.05, 0) is 41.9 Å². The van der Waals surface area contributed by atoms with E-state index < -0.39 is 8.32 Å². The second kappa shape index (κ2) is 9.12. The number of para-hydroxylation sites is 2. The van der Waals surface area contributed by atoms with Gasteiger partial charge >= 0.3 is 0 Å². The maximum Gasteiger partial charge on any atom is 0.192 e. The van der Waals surface area contributed by atoms with E-state index in [2.05, 4.69) is 43.8 Å². The summed E-state index contributed by atoms with van der Waals surface area (Å²) in [7, 11) is -1.76. The van der Waals surface area contributed by atoms with E-state index in [4.69, 9.17) is 20.8 Å². The van der Waals surface area contributed by atoms with Crippen LogP contribution in [0.3, 0.4) is 0 Å². The van der Waals surface area contributed by atoms with Crippen LogP contribution in [0.1, 0.15) is 26.3 Å². The lowest BCUT2D eigenvalue weighted by atomic mass is 10.2. The largest absolute Gasteiger partial charge is 0.490 e. The summed E-state index contributed by atoms with van der Waals surface area (Å²) in [5.74, 6) is 1.42. The summed E-state index contributed by atoms with van der Waals surface area (Å²) in [6.45, 7) is 12.3. The second-order valence-corrected chi connectivity index (χ2v) is 14.7. The van der Waals surface area contributed by atoms with Crippen LogP contribution in [0.15, 0.2) is 47.6 Å². The number of thioether (sulfide) groups is 1. The lowest BCUT2D eigenvalue weighted by Crippen LogP contribution is -2.41. The lowest BCUT2D eigenvalue weighted by molar-refractivity contribution is 0.203. The molecule has 29 heavy (non-hydrogen) atoms. The lowest BCUT2D eigenvalue weighted by Gasteiger charge is -2.36. The molecule has 1 aromatic heterocycles. The van der Waals surface area contributed by atoms with Crippen molar-refractivity contribution >= 4 is 42.7 Å². The minimum atomic E-state index is -1.76. The summed E-state index contributed by atoms with van der Waals surface area (Å²) in [5, 5.41) is 1.73. The Balaban J connectivity index is 1.56. The van der Waals surface area contributed by atoms with Gasteiger partial charge in [-0.15, -0.1) is 0 Å². The fraction of sp³-hybridized carbons (Fsp3) is 0.409. The standard InChI is InChI=1S/C22H29ClN2O2SSi/c1-22(2,3)29(4,5)27-14-13-26-19-12-8-9-16(20(19)23)15-28-21-24-17-10-6-7-11-18(17)25-21/h6-12H,13-15H2,1-5H3,(H,24,25). The second-order valence-electron chi connectivity index (χ2n) is 8.53. The highest BCUT2D eigenvalue weighted by Gasteiger charge is 2.36. The van der Waals surface area contributed by atoms with Crippen LogP contribution in [-0.4, -0.2) is 31.5 Å². The molecule has 0 unspecified atom stereocenters. The minimum absolute atomic E-state index is 0.193. The summed E-state index contributed by atoms with van der Waals surface area (Å²) in [5.41, 5.74) is 3.04. The van der Waals surface area contributed by atoms with Gasteiger partial charge in [-0.3, -0.25) is 0 Å². The first-order valence-corrected chi connectivity index (χ1v) is 14.1. The van der Waals surface area contributed by atoms with Crippen molar-refractivity contribution in [2.75, 3.05) is 13.2 Å². The van der Waals surface area contributed by atoms with Crippen LogP contribution in [-0.2, 0) is 10.2 Å². The van der Waals surface area contributed by atoms with Crippen molar-refractivity contribution in [2.45, 2.75) is 49.8 Å². The maximum atomic E-state index is 6.59. The van der Waals surface area contributed by atoms with E-state index >= 15 is 0 Å². The van der Waals surface area contributed by atoms with Crippen molar-refractivity contribution in [3.05, 3.63) is 53.1 Å². The highest BCUT2D eigenvalue weighted by Crippen LogP contribution is 2.36. The molecule has 0 aliphatic rings. The summed E-state index contributed by atoms with van der Waals surface area (Å²) in [6, 6.07) is 13.9. The topological polar surface area (TPSA) is 47.1 Å². The Morgan fingerprint density at radius 1 is 1.07 bits per heavy atom. The van der Waals surface area contributed by atoms with Crippen molar-refractivity contribution in [1.29, 1.82) is 0 Å². The molecule has 3 aromatic rings. The Labute approximate surface area is 183 Å². The average molecular weight is 449 g/mol. The number of aromatic nitrogens is 2. The SMILES string of the molecule is CC(C)(C)[Si](C)(C)OCCOc1cccc(CSc2nc3ccccc3[nH]2)c1Cl. The van der Waals surface area contributed by atoms with Crippen LogP contribution in [0.5, 0.6) is 5.75 Å². The van der Waals surface area contributed by atoms with Crippen molar-refractivity contribution in [2.24, 2.45) is 0 Å². The molecule has 2 aromatic carbocycles. The number of hydrogen-bond acceptors (Lipinski definition) is 4. The molecule has 0 saturated heterocycles. The number of ether oxygens (including phenoxy) is 1. The number of fused-ring (bicyclic) bond motifs is 1. The van der Waals surface area contributed by atoms with Crippen LogP contribution in [0.2, 0.25) is 23.2 Å². The van der Waals surface area contributed by atoms with E-state index in [9.17, 15) is 0 Å². The predicted octanol–water partition coefficient (Wildman–Crippen LogP) is 6.91.